The number of piperazine rings is 1. The Morgan fingerprint density at radius 1 is 1.14 bits per heavy atom. The van der Waals surface area contributed by atoms with Gasteiger partial charge in [0.15, 0.2) is 6.73 Å². The van der Waals surface area contributed by atoms with E-state index in [0.29, 0.717) is 38.5 Å². The maximum absolute atomic E-state index is 11.9. The van der Waals surface area contributed by atoms with Gasteiger partial charge in [-0.1, -0.05) is 0 Å². The second kappa shape index (κ2) is 8.11. The molecule has 1 heterocycles. The number of benzene rings is 1. The van der Waals surface area contributed by atoms with Crippen LogP contribution < -0.4 is 14.8 Å². The molecule has 120 valence electrons. The molecule has 1 aliphatic heterocycles. The molecule has 1 saturated heterocycles. The summed E-state index contributed by atoms with van der Waals surface area (Å²) in [6, 6.07) is 7.04. The minimum absolute atomic E-state index is 0.0979. The minimum Gasteiger partial charge on any atom is -0.494 e. The summed E-state index contributed by atoms with van der Waals surface area (Å²) in [6.45, 7) is 4.85. The van der Waals surface area contributed by atoms with Gasteiger partial charge in [0.25, 0.3) is 0 Å². The highest BCUT2D eigenvalue weighted by Gasteiger charge is 2.19. The Bertz CT molecular complexity index is 484. The van der Waals surface area contributed by atoms with E-state index in [0.717, 1.165) is 12.2 Å². The Balaban J connectivity index is 1.69. The third-order valence-corrected chi connectivity index (χ3v) is 3.35. The Morgan fingerprint density at radius 3 is 2.27 bits per heavy atom. The molecule has 0 aromatic heterocycles. The van der Waals surface area contributed by atoms with E-state index in [1.807, 2.05) is 19.1 Å². The van der Waals surface area contributed by atoms with Gasteiger partial charge in [-0.25, -0.2) is 4.79 Å². The van der Waals surface area contributed by atoms with Crippen molar-refractivity contribution in [1.29, 1.82) is 0 Å². The van der Waals surface area contributed by atoms with Gasteiger partial charge in [-0.15, -0.1) is 0 Å². The van der Waals surface area contributed by atoms with E-state index in [2.05, 4.69) is 5.32 Å². The maximum atomic E-state index is 11.9. The summed E-state index contributed by atoms with van der Waals surface area (Å²) >= 11 is 0. The molecule has 1 fully saturated rings. The molecule has 1 aromatic carbocycles. The van der Waals surface area contributed by atoms with Crippen molar-refractivity contribution in [2.45, 2.75) is 6.92 Å². The van der Waals surface area contributed by atoms with Crippen molar-refractivity contribution in [2.75, 3.05) is 39.5 Å². The molecule has 1 N–H and O–H groups in total. The molecular formula is C15H21N3O4. The first-order chi connectivity index (χ1) is 10.7. The van der Waals surface area contributed by atoms with Crippen molar-refractivity contribution in [3.8, 4) is 11.5 Å². The van der Waals surface area contributed by atoms with Crippen LogP contribution in [0.25, 0.3) is 0 Å². The van der Waals surface area contributed by atoms with E-state index in [9.17, 15) is 9.59 Å². The van der Waals surface area contributed by atoms with Gasteiger partial charge in [-0.3, -0.25) is 4.79 Å². The normalized spacial score (nSPS) is 14.4. The molecule has 7 heteroatoms. The van der Waals surface area contributed by atoms with E-state index < -0.39 is 0 Å². The highest BCUT2D eigenvalue weighted by atomic mass is 16.5. The van der Waals surface area contributed by atoms with E-state index in [4.69, 9.17) is 9.47 Å². The second-order valence-electron chi connectivity index (χ2n) is 4.80. The zero-order chi connectivity index (χ0) is 15.8. The van der Waals surface area contributed by atoms with Crippen LogP contribution in [-0.4, -0.2) is 61.8 Å². The largest absolute Gasteiger partial charge is 0.494 e. The topological polar surface area (TPSA) is 71.1 Å². The molecule has 0 spiro atoms. The number of ether oxygens (including phenoxy) is 2. The zero-order valence-corrected chi connectivity index (χ0v) is 12.7. The smallest absolute Gasteiger partial charge is 0.320 e. The number of amides is 3. The fourth-order valence-corrected chi connectivity index (χ4v) is 2.12. The molecule has 7 nitrogen and oxygen atoms in total. The lowest BCUT2D eigenvalue weighted by Gasteiger charge is -2.32. The summed E-state index contributed by atoms with van der Waals surface area (Å²) in [4.78, 5) is 25.9. The lowest BCUT2D eigenvalue weighted by molar-refractivity contribution is -0.119. The molecule has 3 amide bonds. The Hall–Kier alpha value is -2.44. The molecule has 22 heavy (non-hydrogen) atoms. The van der Waals surface area contributed by atoms with E-state index >= 15 is 0 Å². The molecule has 0 aliphatic carbocycles. The van der Waals surface area contributed by atoms with Gasteiger partial charge in [0.1, 0.15) is 11.5 Å². The summed E-state index contributed by atoms with van der Waals surface area (Å²) in [5.74, 6) is 1.45. The minimum atomic E-state index is -0.184. The molecule has 1 aromatic rings. The Kier molecular flexibility index (Phi) is 5.88. The van der Waals surface area contributed by atoms with Crippen LogP contribution in [0, 0.1) is 0 Å². The molecule has 2 rings (SSSR count). The van der Waals surface area contributed by atoms with Crippen molar-refractivity contribution in [1.82, 2.24) is 15.1 Å². The third-order valence-electron chi connectivity index (χ3n) is 3.35. The fourth-order valence-electron chi connectivity index (χ4n) is 2.12. The lowest BCUT2D eigenvalue weighted by atomic mass is 10.3. The molecule has 0 bridgehead atoms. The summed E-state index contributed by atoms with van der Waals surface area (Å²) in [7, 11) is 0. The average molecular weight is 307 g/mol. The van der Waals surface area contributed by atoms with E-state index in [1.165, 1.54) is 0 Å². The molecule has 1 aliphatic rings. The van der Waals surface area contributed by atoms with Crippen LogP contribution in [0.15, 0.2) is 24.3 Å². The first-order valence-electron chi connectivity index (χ1n) is 7.30. The van der Waals surface area contributed by atoms with Crippen LogP contribution in [0.3, 0.4) is 0 Å². The molecule has 0 atom stereocenters. The lowest BCUT2D eigenvalue weighted by Crippen LogP contribution is -2.51. The van der Waals surface area contributed by atoms with E-state index in [-0.39, 0.29) is 12.8 Å². The Morgan fingerprint density at radius 2 is 1.73 bits per heavy atom. The third kappa shape index (κ3) is 4.54. The maximum Gasteiger partial charge on any atom is 0.320 e. The van der Waals surface area contributed by atoms with Crippen LogP contribution in [0.2, 0.25) is 0 Å². The van der Waals surface area contributed by atoms with Crippen molar-refractivity contribution in [3.63, 3.8) is 0 Å². The van der Waals surface area contributed by atoms with Crippen molar-refractivity contribution < 1.29 is 19.1 Å². The Labute approximate surface area is 129 Å². The molecule has 0 unspecified atom stereocenters. The molecule has 0 radical (unpaired) electrons. The molecular weight excluding hydrogens is 286 g/mol. The number of hydrogen-bond donors (Lipinski definition) is 1. The number of nitrogens with zero attached hydrogens (tertiary/aromatic N) is 2. The van der Waals surface area contributed by atoms with Crippen LogP contribution in [0.5, 0.6) is 11.5 Å². The van der Waals surface area contributed by atoms with E-state index in [1.54, 1.807) is 21.9 Å². The van der Waals surface area contributed by atoms with Crippen LogP contribution in [0.1, 0.15) is 6.92 Å². The monoisotopic (exact) mass is 307 g/mol. The van der Waals surface area contributed by atoms with Gasteiger partial charge in [0.05, 0.1) is 6.61 Å². The highest BCUT2D eigenvalue weighted by molar-refractivity contribution is 5.74. The zero-order valence-electron chi connectivity index (χ0n) is 12.7. The first-order valence-corrected chi connectivity index (χ1v) is 7.30. The summed E-state index contributed by atoms with van der Waals surface area (Å²) in [6.07, 6.45) is 0.810. The standard InChI is InChI=1S/C15H21N3O4/c1-2-21-13-3-5-14(6-4-13)22-11-16-15(20)18-9-7-17(12-19)8-10-18/h3-6,12H,2,7-11H2,1H3,(H,16,20). The van der Waals surface area contributed by atoms with Crippen molar-refractivity contribution >= 4 is 12.4 Å². The van der Waals surface area contributed by atoms with Crippen LogP contribution >= 0.6 is 0 Å². The van der Waals surface area contributed by atoms with Gasteiger partial charge < -0.3 is 24.6 Å². The van der Waals surface area contributed by atoms with Crippen LogP contribution in [0.4, 0.5) is 4.79 Å². The highest BCUT2D eigenvalue weighted by Crippen LogP contribution is 2.17. The van der Waals surface area contributed by atoms with Crippen LogP contribution in [-0.2, 0) is 4.79 Å². The number of carbonyl (C=O) groups excluding carboxylic acids is 2. The first kappa shape index (κ1) is 15.9. The number of urea groups is 1. The predicted octanol–water partition coefficient (Wildman–Crippen LogP) is 0.905. The number of hydrogen-bond acceptors (Lipinski definition) is 4. The van der Waals surface area contributed by atoms with Gasteiger partial charge >= 0.3 is 6.03 Å². The fraction of sp³-hybridized carbons (Fsp3) is 0.467. The summed E-state index contributed by atoms with van der Waals surface area (Å²) in [5.41, 5.74) is 0. The predicted molar refractivity (Wildman–Crippen MR) is 80.8 cm³/mol. The number of carbonyl (C=O) groups is 2. The van der Waals surface area contributed by atoms with Gasteiger partial charge in [-0.2, -0.15) is 0 Å². The number of nitrogens with one attached hydrogen (secondary N) is 1. The summed E-state index contributed by atoms with van der Waals surface area (Å²) < 4.78 is 10.8. The summed E-state index contributed by atoms with van der Waals surface area (Å²) in [5, 5.41) is 2.70. The SMILES string of the molecule is CCOc1ccc(OCNC(=O)N2CCN(C=O)CC2)cc1. The van der Waals surface area contributed by atoms with Gasteiger partial charge in [0.2, 0.25) is 6.41 Å². The van der Waals surface area contributed by atoms with Crippen molar-refractivity contribution in [2.24, 2.45) is 0 Å². The molecule has 0 saturated carbocycles. The van der Waals surface area contributed by atoms with Gasteiger partial charge in [0, 0.05) is 26.2 Å². The van der Waals surface area contributed by atoms with Crippen molar-refractivity contribution in [3.05, 3.63) is 24.3 Å². The average Bonchev–Trinajstić information content (AvgIpc) is 2.56. The van der Waals surface area contributed by atoms with Gasteiger partial charge in [-0.05, 0) is 31.2 Å². The second-order valence-corrected chi connectivity index (χ2v) is 4.80. The quantitative estimate of drug-likeness (QED) is 0.626. The number of rotatable bonds is 6.